The van der Waals surface area contributed by atoms with E-state index in [2.05, 4.69) is 4.74 Å². The predicted molar refractivity (Wildman–Crippen MR) is 104 cm³/mol. The average Bonchev–Trinajstić information content (AvgIpc) is 3.17. The molecule has 1 unspecified atom stereocenters. The van der Waals surface area contributed by atoms with Crippen LogP contribution in [0.15, 0.2) is 30.3 Å². The minimum absolute atomic E-state index is 0.0254. The van der Waals surface area contributed by atoms with Crippen LogP contribution in [-0.2, 0) is 14.6 Å². The maximum Gasteiger partial charge on any atom is 0.387 e. The average molecular weight is 441 g/mol. The zero-order chi connectivity index (χ0) is 22.1. The highest BCUT2D eigenvalue weighted by atomic mass is 32.2. The first-order valence-electron chi connectivity index (χ1n) is 9.21. The Bertz CT molecular complexity index is 1080. The van der Waals surface area contributed by atoms with Crippen LogP contribution in [0.1, 0.15) is 44.6 Å². The third-order valence-corrected chi connectivity index (χ3v) is 6.74. The number of aryl methyl sites for hydroxylation is 1. The second-order valence-corrected chi connectivity index (χ2v) is 9.35. The number of aromatic nitrogens is 1. The number of hydrogen-bond acceptors (Lipinski definition) is 6. The molecule has 0 radical (unpaired) electrons. The number of benzene rings is 1. The molecular formula is C20H21F2NO6S. The topological polar surface area (TPSA) is 91.7 Å². The lowest BCUT2D eigenvalue weighted by molar-refractivity contribution is -0.0499. The first-order valence-corrected chi connectivity index (χ1v) is 11.0. The molecule has 10 heteroatoms. The Hall–Kier alpha value is -2.75. The summed E-state index contributed by atoms with van der Waals surface area (Å²) in [6.07, 6.45) is 0.484. The number of carbonyl (C=O) groups excluding carboxylic acids is 2. The molecule has 1 aromatic carbocycles. The Kier molecular flexibility index (Phi) is 6.25. The zero-order valence-electron chi connectivity index (χ0n) is 16.4. The van der Waals surface area contributed by atoms with Crippen LogP contribution in [0.5, 0.6) is 5.75 Å². The van der Waals surface area contributed by atoms with Crippen molar-refractivity contribution in [1.29, 1.82) is 0 Å². The SMILES string of the molecule is Cc1cc(C(=O)COC(=O)c2cccc(OC(F)F)c2)c(C)n1C1CCS(=O)(=O)C1. The van der Waals surface area contributed by atoms with Crippen LogP contribution < -0.4 is 4.74 Å². The third kappa shape index (κ3) is 4.86. The fraction of sp³-hybridized carbons (Fsp3) is 0.400. The number of hydrogen-bond donors (Lipinski definition) is 0. The molecule has 30 heavy (non-hydrogen) atoms. The van der Waals surface area contributed by atoms with Gasteiger partial charge in [0.15, 0.2) is 16.4 Å². The lowest BCUT2D eigenvalue weighted by Crippen LogP contribution is -2.17. The standard InChI is InChI=1S/C20H21F2NO6S/c1-12-8-17(13(2)23(12)15-6-7-30(26,27)11-15)18(24)10-28-19(25)14-4-3-5-16(9-14)29-20(21)22/h3-5,8-9,15,20H,6-7,10-11H2,1-2H3. The van der Waals surface area contributed by atoms with Crippen molar-refractivity contribution in [3.05, 3.63) is 52.8 Å². The van der Waals surface area contributed by atoms with Gasteiger partial charge in [-0.2, -0.15) is 8.78 Å². The molecule has 1 fully saturated rings. The molecule has 3 rings (SSSR count). The minimum Gasteiger partial charge on any atom is -0.454 e. The van der Waals surface area contributed by atoms with Crippen molar-refractivity contribution in [1.82, 2.24) is 4.57 Å². The Balaban J connectivity index is 1.68. The summed E-state index contributed by atoms with van der Waals surface area (Å²) in [4.78, 5) is 24.8. The van der Waals surface area contributed by atoms with Crippen molar-refractivity contribution in [2.24, 2.45) is 0 Å². The monoisotopic (exact) mass is 441 g/mol. The zero-order valence-corrected chi connectivity index (χ0v) is 17.2. The summed E-state index contributed by atoms with van der Waals surface area (Å²) < 4.78 is 59.3. The molecule has 0 spiro atoms. The van der Waals surface area contributed by atoms with Gasteiger partial charge >= 0.3 is 12.6 Å². The summed E-state index contributed by atoms with van der Waals surface area (Å²) in [7, 11) is -3.08. The van der Waals surface area contributed by atoms with Gasteiger partial charge in [0.25, 0.3) is 0 Å². The van der Waals surface area contributed by atoms with Gasteiger partial charge in [-0.25, -0.2) is 13.2 Å². The van der Waals surface area contributed by atoms with Gasteiger partial charge in [0.2, 0.25) is 5.78 Å². The van der Waals surface area contributed by atoms with E-state index in [0.29, 0.717) is 17.7 Å². The van der Waals surface area contributed by atoms with Crippen LogP contribution in [0.4, 0.5) is 8.78 Å². The fourth-order valence-corrected chi connectivity index (χ4v) is 5.39. The van der Waals surface area contributed by atoms with E-state index in [1.807, 2.05) is 4.57 Å². The predicted octanol–water partition coefficient (Wildman–Crippen LogP) is 3.11. The molecule has 1 aliphatic heterocycles. The highest BCUT2D eigenvalue weighted by molar-refractivity contribution is 7.91. The van der Waals surface area contributed by atoms with E-state index in [0.717, 1.165) is 11.8 Å². The number of halogens is 2. The van der Waals surface area contributed by atoms with E-state index in [4.69, 9.17) is 4.74 Å². The number of sulfone groups is 1. The number of ketones is 1. The normalized spacial score (nSPS) is 17.8. The van der Waals surface area contributed by atoms with E-state index in [9.17, 15) is 26.8 Å². The smallest absolute Gasteiger partial charge is 0.387 e. The number of Topliss-reactive ketones (excluding diaryl/α,β-unsaturated/α-hetero) is 1. The van der Waals surface area contributed by atoms with Crippen molar-refractivity contribution in [3.63, 3.8) is 0 Å². The quantitative estimate of drug-likeness (QED) is 0.484. The second kappa shape index (κ2) is 8.55. The minimum atomic E-state index is -3.08. The van der Waals surface area contributed by atoms with Gasteiger partial charge in [-0.3, -0.25) is 4.79 Å². The second-order valence-electron chi connectivity index (χ2n) is 7.12. The summed E-state index contributed by atoms with van der Waals surface area (Å²) in [5.41, 5.74) is 1.69. The molecule has 162 valence electrons. The molecule has 0 N–H and O–H groups in total. The number of esters is 1. The molecule has 2 heterocycles. The van der Waals surface area contributed by atoms with E-state index in [1.54, 1.807) is 19.9 Å². The highest BCUT2D eigenvalue weighted by Gasteiger charge is 2.31. The maximum atomic E-state index is 12.6. The van der Waals surface area contributed by atoms with Gasteiger partial charge in [-0.15, -0.1) is 0 Å². The third-order valence-electron chi connectivity index (χ3n) is 4.99. The van der Waals surface area contributed by atoms with E-state index in [-0.39, 0.29) is 28.9 Å². The van der Waals surface area contributed by atoms with Crippen molar-refractivity contribution in [3.8, 4) is 5.75 Å². The molecule has 7 nitrogen and oxygen atoms in total. The molecule has 0 saturated carbocycles. The van der Waals surface area contributed by atoms with Crippen molar-refractivity contribution in [2.75, 3.05) is 18.1 Å². The molecule has 0 amide bonds. The van der Waals surface area contributed by atoms with Crippen LogP contribution in [0, 0.1) is 13.8 Å². The van der Waals surface area contributed by atoms with Crippen LogP contribution in [0.3, 0.4) is 0 Å². The van der Waals surface area contributed by atoms with Crippen molar-refractivity contribution < 1.29 is 36.3 Å². The first-order chi connectivity index (χ1) is 14.1. The van der Waals surface area contributed by atoms with Crippen LogP contribution in [0.2, 0.25) is 0 Å². The Morgan fingerprint density at radius 3 is 2.60 bits per heavy atom. The molecule has 0 bridgehead atoms. The Morgan fingerprint density at radius 1 is 1.23 bits per heavy atom. The van der Waals surface area contributed by atoms with Crippen molar-refractivity contribution >= 4 is 21.6 Å². The van der Waals surface area contributed by atoms with Gasteiger partial charge in [-0.1, -0.05) is 6.07 Å². The highest BCUT2D eigenvalue weighted by Crippen LogP contribution is 2.29. The van der Waals surface area contributed by atoms with Crippen LogP contribution >= 0.6 is 0 Å². The van der Waals surface area contributed by atoms with Crippen molar-refractivity contribution in [2.45, 2.75) is 32.9 Å². The van der Waals surface area contributed by atoms with E-state index < -0.39 is 34.8 Å². The lowest BCUT2D eigenvalue weighted by Gasteiger charge is -2.16. The largest absolute Gasteiger partial charge is 0.454 e. The number of ether oxygens (including phenoxy) is 2. The summed E-state index contributed by atoms with van der Waals surface area (Å²) in [5.74, 6) is -1.34. The van der Waals surface area contributed by atoms with Crippen LogP contribution in [-0.4, -0.2) is 49.5 Å². The van der Waals surface area contributed by atoms with E-state index in [1.165, 1.54) is 18.2 Å². The summed E-state index contributed by atoms with van der Waals surface area (Å²) in [5, 5.41) is 0. The molecule has 1 aliphatic rings. The molecule has 1 atom stereocenters. The van der Waals surface area contributed by atoms with Gasteiger partial charge < -0.3 is 14.0 Å². The molecule has 1 aromatic heterocycles. The van der Waals surface area contributed by atoms with Gasteiger partial charge in [-0.05, 0) is 44.5 Å². The molecule has 1 saturated heterocycles. The molecule has 0 aliphatic carbocycles. The Labute approximate surface area is 172 Å². The van der Waals surface area contributed by atoms with Crippen LogP contribution in [0.25, 0.3) is 0 Å². The number of alkyl halides is 2. The summed E-state index contributed by atoms with van der Waals surface area (Å²) >= 11 is 0. The van der Waals surface area contributed by atoms with Gasteiger partial charge in [0, 0.05) is 23.0 Å². The maximum absolute atomic E-state index is 12.6. The van der Waals surface area contributed by atoms with Gasteiger partial charge in [0.05, 0.1) is 17.1 Å². The van der Waals surface area contributed by atoms with E-state index >= 15 is 0 Å². The first kappa shape index (κ1) is 21.9. The lowest BCUT2D eigenvalue weighted by atomic mass is 10.1. The summed E-state index contributed by atoms with van der Waals surface area (Å²) in [6, 6.07) is 6.51. The summed E-state index contributed by atoms with van der Waals surface area (Å²) in [6.45, 7) is -0.0534. The number of rotatable bonds is 7. The molecular weight excluding hydrogens is 420 g/mol. The van der Waals surface area contributed by atoms with Gasteiger partial charge in [0.1, 0.15) is 5.75 Å². The fourth-order valence-electron chi connectivity index (χ4n) is 3.69. The Morgan fingerprint density at radius 2 is 1.97 bits per heavy atom. The number of carbonyl (C=O) groups is 2. The number of nitrogens with zero attached hydrogens (tertiary/aromatic N) is 1. The molecule has 2 aromatic rings.